The van der Waals surface area contributed by atoms with Gasteiger partial charge in [0.1, 0.15) is 0 Å². The number of methoxy groups -OCH3 is 2. The lowest BCUT2D eigenvalue weighted by molar-refractivity contribution is -0.144. The number of ether oxygens (including phenoxy) is 2. The summed E-state index contributed by atoms with van der Waals surface area (Å²) in [4.78, 5) is 3.66. The first-order valence-corrected chi connectivity index (χ1v) is 10.0. The van der Waals surface area contributed by atoms with E-state index in [2.05, 4.69) is 10.1 Å². The summed E-state index contributed by atoms with van der Waals surface area (Å²) < 4.78 is 74.3. The van der Waals surface area contributed by atoms with E-state index < -0.39 is 21.8 Å². The van der Waals surface area contributed by atoms with Crippen LogP contribution in [-0.4, -0.2) is 43.7 Å². The summed E-state index contributed by atoms with van der Waals surface area (Å²) >= 11 is 0. The Labute approximate surface area is 164 Å². The van der Waals surface area contributed by atoms with Gasteiger partial charge in [-0.3, -0.25) is 0 Å². The molecule has 1 aromatic heterocycles. The predicted octanol–water partition coefficient (Wildman–Crippen LogP) is 3.37. The molecule has 0 aliphatic rings. The van der Waals surface area contributed by atoms with E-state index in [0.717, 1.165) is 10.9 Å². The van der Waals surface area contributed by atoms with Gasteiger partial charge in [0.25, 0.3) is 5.82 Å². The minimum atomic E-state index is -4.76. The molecule has 3 aromatic rings. The number of halogens is 3. The molecule has 0 saturated heterocycles. The quantitative estimate of drug-likeness (QED) is 0.621. The van der Waals surface area contributed by atoms with Crippen molar-refractivity contribution >= 4 is 9.84 Å². The molecule has 2 aromatic carbocycles. The van der Waals surface area contributed by atoms with E-state index in [-0.39, 0.29) is 22.0 Å². The van der Waals surface area contributed by atoms with E-state index in [4.69, 9.17) is 9.47 Å². The van der Waals surface area contributed by atoms with Crippen molar-refractivity contribution in [2.45, 2.75) is 11.1 Å². The monoisotopic (exact) mass is 427 g/mol. The summed E-state index contributed by atoms with van der Waals surface area (Å²) in [5.74, 6) is -0.738. The first kappa shape index (κ1) is 20.6. The van der Waals surface area contributed by atoms with Crippen LogP contribution in [0, 0.1) is 0 Å². The van der Waals surface area contributed by atoms with Crippen LogP contribution >= 0.6 is 0 Å². The number of alkyl halides is 3. The van der Waals surface area contributed by atoms with Gasteiger partial charge in [0.2, 0.25) is 0 Å². The van der Waals surface area contributed by atoms with Crippen molar-refractivity contribution in [3.8, 4) is 28.6 Å². The maximum absolute atomic E-state index is 13.2. The van der Waals surface area contributed by atoms with Gasteiger partial charge in [-0.25, -0.2) is 18.1 Å². The first-order valence-electron chi connectivity index (χ1n) is 8.11. The lowest BCUT2D eigenvalue weighted by atomic mass is 10.2. The number of rotatable bonds is 5. The molecule has 29 heavy (non-hydrogen) atoms. The lowest BCUT2D eigenvalue weighted by Crippen LogP contribution is -2.08. The van der Waals surface area contributed by atoms with Gasteiger partial charge in [-0.15, -0.1) is 5.10 Å². The Balaban J connectivity index is 2.19. The van der Waals surface area contributed by atoms with Crippen LogP contribution in [-0.2, 0) is 16.0 Å². The average molecular weight is 427 g/mol. The molecule has 0 spiro atoms. The Morgan fingerprint density at radius 3 is 2.10 bits per heavy atom. The van der Waals surface area contributed by atoms with E-state index in [1.165, 1.54) is 56.7 Å². The second-order valence-electron chi connectivity index (χ2n) is 6.00. The smallest absolute Gasteiger partial charge is 0.453 e. The molecule has 1 heterocycles. The fraction of sp³-hybridized carbons (Fsp3) is 0.222. The van der Waals surface area contributed by atoms with Gasteiger partial charge in [0, 0.05) is 17.9 Å². The van der Waals surface area contributed by atoms with E-state index in [0.29, 0.717) is 11.5 Å². The van der Waals surface area contributed by atoms with Crippen LogP contribution in [0.15, 0.2) is 47.4 Å². The molecule has 0 N–H and O–H groups in total. The molecular formula is C18H16F3N3O4S. The van der Waals surface area contributed by atoms with Crippen LogP contribution in [0.1, 0.15) is 5.82 Å². The van der Waals surface area contributed by atoms with E-state index >= 15 is 0 Å². The number of benzene rings is 2. The number of hydrogen-bond donors (Lipinski definition) is 0. The topological polar surface area (TPSA) is 83.3 Å². The van der Waals surface area contributed by atoms with Crippen LogP contribution in [0.5, 0.6) is 11.5 Å². The maximum Gasteiger partial charge on any atom is 0.453 e. The molecule has 154 valence electrons. The Kier molecular flexibility index (Phi) is 5.26. The highest BCUT2D eigenvalue weighted by Crippen LogP contribution is 2.33. The Morgan fingerprint density at radius 2 is 1.59 bits per heavy atom. The normalized spacial score (nSPS) is 12.1. The molecule has 0 bridgehead atoms. The van der Waals surface area contributed by atoms with E-state index in [9.17, 15) is 21.6 Å². The Bertz CT molecular complexity index is 1140. The molecule has 0 unspecified atom stereocenters. The van der Waals surface area contributed by atoms with Crippen molar-refractivity contribution in [3.63, 3.8) is 0 Å². The molecule has 0 fully saturated rings. The van der Waals surface area contributed by atoms with E-state index in [1.54, 1.807) is 0 Å². The summed E-state index contributed by atoms with van der Waals surface area (Å²) in [6.07, 6.45) is -3.72. The zero-order valence-electron chi connectivity index (χ0n) is 15.6. The first-order chi connectivity index (χ1) is 13.5. The second kappa shape index (κ2) is 7.39. The predicted molar refractivity (Wildman–Crippen MR) is 98.0 cm³/mol. The number of nitrogens with zero attached hydrogens (tertiary/aromatic N) is 3. The molecule has 0 radical (unpaired) electrons. The zero-order valence-corrected chi connectivity index (χ0v) is 16.4. The van der Waals surface area contributed by atoms with Crippen molar-refractivity contribution < 1.29 is 31.1 Å². The van der Waals surface area contributed by atoms with Crippen LogP contribution in [0.25, 0.3) is 17.1 Å². The van der Waals surface area contributed by atoms with Crippen LogP contribution in [0.2, 0.25) is 0 Å². The van der Waals surface area contributed by atoms with Gasteiger partial charge in [0.15, 0.2) is 27.2 Å². The number of sulfone groups is 1. The molecule has 7 nitrogen and oxygen atoms in total. The van der Waals surface area contributed by atoms with Crippen molar-refractivity contribution in [2.75, 3.05) is 20.5 Å². The van der Waals surface area contributed by atoms with E-state index in [1.807, 2.05) is 0 Å². The number of aromatic nitrogens is 3. The Hall–Kier alpha value is -3.08. The van der Waals surface area contributed by atoms with Crippen LogP contribution in [0.3, 0.4) is 0 Å². The molecule has 0 aliphatic heterocycles. The lowest BCUT2D eigenvalue weighted by Gasteiger charge is -2.11. The van der Waals surface area contributed by atoms with Crippen molar-refractivity contribution in [1.29, 1.82) is 0 Å². The minimum Gasteiger partial charge on any atom is -0.493 e. The number of hydrogen-bond acceptors (Lipinski definition) is 6. The van der Waals surface area contributed by atoms with Crippen molar-refractivity contribution in [2.24, 2.45) is 0 Å². The largest absolute Gasteiger partial charge is 0.493 e. The highest BCUT2D eigenvalue weighted by atomic mass is 32.2. The van der Waals surface area contributed by atoms with Gasteiger partial charge in [-0.2, -0.15) is 13.2 Å². The highest BCUT2D eigenvalue weighted by Gasteiger charge is 2.37. The molecule has 0 aliphatic carbocycles. The molecule has 0 amide bonds. The van der Waals surface area contributed by atoms with Gasteiger partial charge >= 0.3 is 6.18 Å². The molecule has 0 atom stereocenters. The third kappa shape index (κ3) is 4.19. The van der Waals surface area contributed by atoms with Gasteiger partial charge in [-0.1, -0.05) is 0 Å². The molecular weight excluding hydrogens is 411 g/mol. The third-order valence-electron chi connectivity index (χ3n) is 4.01. The zero-order chi connectivity index (χ0) is 21.4. The van der Waals surface area contributed by atoms with Crippen molar-refractivity contribution in [3.05, 3.63) is 48.3 Å². The molecule has 11 heteroatoms. The fourth-order valence-electron chi connectivity index (χ4n) is 2.61. The average Bonchev–Trinajstić information content (AvgIpc) is 3.12. The standard InChI is InChI=1S/C18H16F3N3O4S/c1-27-14-9-6-12(10-15(14)28-2)24-16(22-17(23-24)18(19,20)21)11-4-7-13(8-5-11)29(3,25)26/h4-10H,1-3H3. The van der Waals surface area contributed by atoms with Crippen molar-refractivity contribution in [1.82, 2.24) is 14.8 Å². The van der Waals surface area contributed by atoms with Gasteiger partial charge < -0.3 is 9.47 Å². The van der Waals surface area contributed by atoms with Crippen LogP contribution in [0.4, 0.5) is 13.2 Å². The Morgan fingerprint density at radius 1 is 0.966 bits per heavy atom. The molecule has 0 saturated carbocycles. The summed E-state index contributed by atoms with van der Waals surface area (Å²) in [7, 11) is -0.620. The second-order valence-corrected chi connectivity index (χ2v) is 8.02. The molecule has 3 rings (SSSR count). The van der Waals surface area contributed by atoms with Crippen LogP contribution < -0.4 is 9.47 Å². The summed E-state index contributed by atoms with van der Waals surface area (Å²) in [6, 6.07) is 9.83. The summed E-state index contributed by atoms with van der Waals surface area (Å²) in [5.41, 5.74) is 0.517. The maximum atomic E-state index is 13.2. The van der Waals surface area contributed by atoms with Gasteiger partial charge in [-0.05, 0) is 36.4 Å². The highest BCUT2D eigenvalue weighted by molar-refractivity contribution is 7.90. The SMILES string of the molecule is COc1ccc(-n2nc(C(F)(F)F)nc2-c2ccc(S(C)(=O)=O)cc2)cc1OC. The summed E-state index contributed by atoms with van der Waals surface area (Å²) in [6.45, 7) is 0. The third-order valence-corrected chi connectivity index (χ3v) is 5.14. The fourth-order valence-corrected chi connectivity index (χ4v) is 3.24. The minimum absolute atomic E-state index is 0.0366. The van der Waals surface area contributed by atoms with Gasteiger partial charge in [0.05, 0.1) is 24.8 Å². The summed E-state index contributed by atoms with van der Waals surface area (Å²) in [5, 5.41) is 3.60.